The molecular weight excluding hydrogens is 255 g/mol. The van der Waals surface area contributed by atoms with Crippen molar-refractivity contribution in [3.05, 3.63) is 64.5 Å². The van der Waals surface area contributed by atoms with Crippen molar-refractivity contribution in [1.82, 2.24) is 0 Å². The smallest absolute Gasteiger partial charge is 0.284 e. The van der Waals surface area contributed by atoms with Gasteiger partial charge in [-0.1, -0.05) is 18.2 Å². The molecule has 0 aliphatic heterocycles. The molecule has 6 heteroatoms. The van der Waals surface area contributed by atoms with Crippen LogP contribution in [0.4, 0.5) is 15.8 Å². The van der Waals surface area contributed by atoms with Gasteiger partial charge in [-0.15, -0.1) is 0 Å². The summed E-state index contributed by atoms with van der Waals surface area (Å²) in [6.45, 7) is 0. The quantitative estimate of drug-likeness (QED) is 0.517. The van der Waals surface area contributed by atoms with Gasteiger partial charge in [-0.2, -0.15) is 0 Å². The molecule has 2 aromatic rings. The molecule has 0 spiro atoms. The number of halogens is 1. The van der Waals surface area contributed by atoms with Crippen LogP contribution in [0.25, 0.3) is 0 Å². The maximum atomic E-state index is 12.9. The normalized spacial score (nSPS) is 10.1. The Morgan fingerprint density at radius 2 is 1.94 bits per heavy atom. The summed E-state index contributed by atoms with van der Waals surface area (Å²) in [5, 5.41) is 10.8. The second-order valence-electron chi connectivity index (χ2n) is 3.44. The van der Waals surface area contributed by atoms with Gasteiger partial charge in [0.25, 0.3) is 5.69 Å². The highest BCUT2D eigenvalue weighted by Gasteiger charge is 2.12. The predicted octanol–water partition coefficient (Wildman–Crippen LogP) is 3.85. The Bertz CT molecular complexity index is 578. The SMILES string of the molecule is O=[N+]([O-])c1ccccc1SNc1cccc(F)c1. The minimum absolute atomic E-state index is 0.0198. The van der Waals surface area contributed by atoms with Gasteiger partial charge in [0.05, 0.1) is 4.92 Å². The van der Waals surface area contributed by atoms with Gasteiger partial charge in [0.15, 0.2) is 0 Å². The highest BCUT2D eigenvalue weighted by Crippen LogP contribution is 2.29. The van der Waals surface area contributed by atoms with Crippen LogP contribution in [0.3, 0.4) is 0 Å². The first kappa shape index (κ1) is 12.4. The van der Waals surface area contributed by atoms with E-state index in [1.54, 1.807) is 30.3 Å². The third-order valence-corrected chi connectivity index (χ3v) is 3.07. The summed E-state index contributed by atoms with van der Waals surface area (Å²) in [7, 11) is 0. The molecule has 0 heterocycles. The lowest BCUT2D eigenvalue weighted by Gasteiger charge is -2.05. The molecule has 0 fully saturated rings. The van der Waals surface area contributed by atoms with E-state index in [9.17, 15) is 14.5 Å². The van der Waals surface area contributed by atoms with Crippen LogP contribution in [0.2, 0.25) is 0 Å². The van der Waals surface area contributed by atoms with Crippen molar-refractivity contribution in [3.63, 3.8) is 0 Å². The Hall–Kier alpha value is -2.08. The van der Waals surface area contributed by atoms with Crippen molar-refractivity contribution in [3.8, 4) is 0 Å². The number of para-hydroxylation sites is 1. The second kappa shape index (κ2) is 5.50. The molecule has 1 N–H and O–H groups in total. The minimum atomic E-state index is -0.449. The fourth-order valence-corrected chi connectivity index (χ4v) is 2.11. The Morgan fingerprint density at radius 1 is 1.17 bits per heavy atom. The molecule has 0 aliphatic carbocycles. The standard InChI is InChI=1S/C12H9FN2O2S/c13-9-4-3-5-10(8-9)14-18-12-7-2-1-6-11(12)15(16)17/h1-8,14H. The Labute approximate surface area is 107 Å². The first-order valence-corrected chi connectivity index (χ1v) is 5.90. The third-order valence-electron chi connectivity index (χ3n) is 2.17. The second-order valence-corrected chi connectivity index (χ2v) is 4.29. The monoisotopic (exact) mass is 264 g/mol. The van der Waals surface area contributed by atoms with Gasteiger partial charge < -0.3 is 4.72 Å². The van der Waals surface area contributed by atoms with E-state index in [1.807, 2.05) is 0 Å². The van der Waals surface area contributed by atoms with E-state index in [1.165, 1.54) is 18.2 Å². The summed E-state index contributed by atoms with van der Waals surface area (Å²) in [4.78, 5) is 10.8. The zero-order valence-electron chi connectivity index (χ0n) is 9.17. The van der Waals surface area contributed by atoms with E-state index in [-0.39, 0.29) is 11.5 Å². The molecule has 0 radical (unpaired) electrons. The van der Waals surface area contributed by atoms with Gasteiger partial charge in [-0.05, 0) is 36.2 Å². The predicted molar refractivity (Wildman–Crippen MR) is 69.0 cm³/mol. The summed E-state index contributed by atoms with van der Waals surface area (Å²) in [5.74, 6) is -0.358. The molecule has 0 bridgehead atoms. The van der Waals surface area contributed by atoms with Crippen molar-refractivity contribution in [2.45, 2.75) is 4.90 Å². The van der Waals surface area contributed by atoms with Crippen molar-refractivity contribution in [1.29, 1.82) is 0 Å². The van der Waals surface area contributed by atoms with E-state index in [4.69, 9.17) is 0 Å². The van der Waals surface area contributed by atoms with Crippen molar-refractivity contribution in [2.75, 3.05) is 4.72 Å². The van der Waals surface area contributed by atoms with Gasteiger partial charge in [-0.25, -0.2) is 4.39 Å². The summed E-state index contributed by atoms with van der Waals surface area (Å²) < 4.78 is 15.8. The van der Waals surface area contributed by atoms with E-state index >= 15 is 0 Å². The van der Waals surface area contributed by atoms with Crippen molar-refractivity contribution >= 4 is 23.3 Å². The molecule has 0 atom stereocenters. The van der Waals surface area contributed by atoms with Crippen LogP contribution >= 0.6 is 11.9 Å². The molecule has 0 saturated carbocycles. The molecule has 0 aromatic heterocycles. The van der Waals surface area contributed by atoms with Gasteiger partial charge in [0, 0.05) is 11.8 Å². The fraction of sp³-hybridized carbons (Fsp3) is 0. The molecule has 92 valence electrons. The fourth-order valence-electron chi connectivity index (χ4n) is 1.36. The number of nitrogens with zero attached hydrogens (tertiary/aromatic N) is 1. The molecule has 2 aromatic carbocycles. The topological polar surface area (TPSA) is 55.2 Å². The number of hydrogen-bond acceptors (Lipinski definition) is 4. The Kier molecular flexibility index (Phi) is 3.78. The van der Waals surface area contributed by atoms with Crippen LogP contribution in [-0.2, 0) is 0 Å². The number of hydrogen-bond donors (Lipinski definition) is 1. The highest BCUT2D eigenvalue weighted by molar-refractivity contribution is 8.00. The summed E-state index contributed by atoms with van der Waals surface area (Å²) in [6, 6.07) is 12.3. The molecule has 0 aliphatic rings. The van der Waals surface area contributed by atoms with Crippen molar-refractivity contribution < 1.29 is 9.31 Å². The molecule has 0 saturated heterocycles. The molecule has 4 nitrogen and oxygen atoms in total. The molecule has 0 unspecified atom stereocenters. The molecule has 2 rings (SSSR count). The highest BCUT2D eigenvalue weighted by atomic mass is 32.2. The van der Waals surface area contributed by atoms with Crippen LogP contribution in [0.15, 0.2) is 53.4 Å². The van der Waals surface area contributed by atoms with E-state index in [0.29, 0.717) is 10.6 Å². The number of rotatable bonds is 4. The number of nitro groups is 1. The average Bonchev–Trinajstić information content (AvgIpc) is 2.37. The maximum absolute atomic E-state index is 12.9. The zero-order chi connectivity index (χ0) is 13.0. The largest absolute Gasteiger partial charge is 0.325 e. The van der Waals surface area contributed by atoms with E-state index in [0.717, 1.165) is 11.9 Å². The first-order chi connectivity index (χ1) is 8.66. The summed E-state index contributed by atoms with van der Waals surface area (Å²) in [5.41, 5.74) is 0.574. The van der Waals surface area contributed by atoms with E-state index < -0.39 is 4.92 Å². The number of nitrogens with one attached hydrogen (secondary N) is 1. The Morgan fingerprint density at radius 3 is 2.67 bits per heavy atom. The number of anilines is 1. The molecule has 0 amide bonds. The summed E-state index contributed by atoms with van der Waals surface area (Å²) >= 11 is 1.08. The lowest BCUT2D eigenvalue weighted by Crippen LogP contribution is -1.93. The minimum Gasteiger partial charge on any atom is -0.325 e. The van der Waals surface area contributed by atoms with E-state index in [2.05, 4.69) is 4.72 Å². The first-order valence-electron chi connectivity index (χ1n) is 5.08. The van der Waals surface area contributed by atoms with Gasteiger partial charge in [0.2, 0.25) is 0 Å². The zero-order valence-corrected chi connectivity index (χ0v) is 9.99. The molecule has 18 heavy (non-hydrogen) atoms. The third kappa shape index (κ3) is 2.98. The lowest BCUT2D eigenvalue weighted by molar-refractivity contribution is -0.387. The van der Waals surface area contributed by atoms with Crippen LogP contribution in [0.1, 0.15) is 0 Å². The molecular formula is C12H9FN2O2S. The lowest BCUT2D eigenvalue weighted by atomic mass is 10.3. The number of nitro benzene ring substituents is 1. The van der Waals surface area contributed by atoms with Crippen LogP contribution < -0.4 is 4.72 Å². The van der Waals surface area contributed by atoms with Gasteiger partial charge in [0.1, 0.15) is 10.7 Å². The van der Waals surface area contributed by atoms with Crippen molar-refractivity contribution in [2.24, 2.45) is 0 Å². The van der Waals surface area contributed by atoms with Crippen LogP contribution in [-0.4, -0.2) is 4.92 Å². The number of benzene rings is 2. The average molecular weight is 264 g/mol. The van der Waals surface area contributed by atoms with Gasteiger partial charge >= 0.3 is 0 Å². The Balaban J connectivity index is 2.13. The maximum Gasteiger partial charge on any atom is 0.284 e. The summed E-state index contributed by atoms with van der Waals surface area (Å²) in [6.07, 6.45) is 0. The van der Waals surface area contributed by atoms with Crippen LogP contribution in [0, 0.1) is 15.9 Å². The van der Waals surface area contributed by atoms with Gasteiger partial charge in [-0.3, -0.25) is 10.1 Å². The van der Waals surface area contributed by atoms with Crippen LogP contribution in [0.5, 0.6) is 0 Å².